The summed E-state index contributed by atoms with van der Waals surface area (Å²) in [5.41, 5.74) is 0.181. The van der Waals surface area contributed by atoms with E-state index in [2.05, 4.69) is 10.3 Å². The first-order chi connectivity index (χ1) is 8.47. The molecule has 0 aromatic carbocycles. The van der Waals surface area contributed by atoms with E-state index in [9.17, 15) is 13.2 Å². The molecule has 2 N–H and O–H groups in total. The van der Waals surface area contributed by atoms with Crippen LogP contribution >= 0.6 is 10.7 Å². The van der Waals surface area contributed by atoms with Gasteiger partial charge >= 0.3 is 0 Å². The second-order valence-corrected chi connectivity index (χ2v) is 6.61. The number of rotatable bonds is 3. The van der Waals surface area contributed by atoms with E-state index in [0.29, 0.717) is 13.2 Å². The van der Waals surface area contributed by atoms with Crippen LogP contribution in [0.15, 0.2) is 17.2 Å². The number of aromatic nitrogens is 1. The second-order valence-electron chi connectivity index (χ2n) is 4.05. The molecule has 0 radical (unpaired) electrons. The van der Waals surface area contributed by atoms with Crippen molar-refractivity contribution in [1.29, 1.82) is 0 Å². The molecule has 1 aromatic rings. The van der Waals surface area contributed by atoms with Crippen molar-refractivity contribution in [3.8, 4) is 0 Å². The Hall–Kier alpha value is -1.05. The predicted octanol–water partition coefficient (Wildman–Crippen LogP) is 0.851. The molecule has 0 aliphatic carbocycles. The van der Waals surface area contributed by atoms with Crippen molar-refractivity contribution in [2.45, 2.75) is 23.8 Å². The highest BCUT2D eigenvalue weighted by Gasteiger charge is 2.20. The van der Waals surface area contributed by atoms with Crippen LogP contribution in [0.2, 0.25) is 0 Å². The Kier molecular flexibility index (Phi) is 3.94. The molecule has 6 nitrogen and oxygen atoms in total. The molecule has 18 heavy (non-hydrogen) atoms. The molecule has 0 saturated carbocycles. The Morgan fingerprint density at radius 2 is 2.11 bits per heavy atom. The number of carbonyl (C=O) groups excluding carboxylic acids is 1. The normalized spacial score (nSPS) is 17.6. The zero-order valence-electron chi connectivity index (χ0n) is 9.48. The molecule has 1 aliphatic rings. The van der Waals surface area contributed by atoms with Crippen molar-refractivity contribution in [1.82, 2.24) is 10.3 Å². The van der Waals surface area contributed by atoms with Gasteiger partial charge in [-0.1, -0.05) is 0 Å². The van der Waals surface area contributed by atoms with Crippen molar-refractivity contribution in [3.63, 3.8) is 0 Å². The molecule has 0 spiro atoms. The van der Waals surface area contributed by atoms with Gasteiger partial charge in [-0.05, 0) is 18.9 Å². The largest absolute Gasteiger partial charge is 0.381 e. The minimum Gasteiger partial charge on any atom is -0.381 e. The molecule has 1 amide bonds. The van der Waals surface area contributed by atoms with Gasteiger partial charge in [-0.25, -0.2) is 8.42 Å². The average Bonchev–Trinajstić information content (AvgIpc) is 2.79. The van der Waals surface area contributed by atoms with Gasteiger partial charge in [0.05, 0.1) is 0 Å². The number of hydrogen-bond acceptors (Lipinski definition) is 4. The summed E-state index contributed by atoms with van der Waals surface area (Å²) in [6, 6.07) is 1.28. The molecule has 100 valence electrons. The fraction of sp³-hybridized carbons (Fsp3) is 0.500. The molecular weight excluding hydrogens is 280 g/mol. The first-order valence-corrected chi connectivity index (χ1v) is 7.79. The lowest BCUT2D eigenvalue weighted by Crippen LogP contribution is -2.39. The van der Waals surface area contributed by atoms with Crippen molar-refractivity contribution in [2.24, 2.45) is 0 Å². The van der Waals surface area contributed by atoms with Gasteiger partial charge in [0.15, 0.2) is 0 Å². The van der Waals surface area contributed by atoms with Crippen LogP contribution < -0.4 is 5.32 Å². The molecule has 1 aliphatic heterocycles. The molecule has 0 atom stereocenters. The third-order valence-electron chi connectivity index (χ3n) is 2.74. The fourth-order valence-electron chi connectivity index (χ4n) is 1.75. The van der Waals surface area contributed by atoms with Crippen LogP contribution in [0.25, 0.3) is 0 Å². The molecule has 0 unspecified atom stereocenters. The number of ether oxygens (including phenoxy) is 1. The Labute approximate surface area is 109 Å². The van der Waals surface area contributed by atoms with Crippen LogP contribution in [0.4, 0.5) is 0 Å². The Balaban J connectivity index is 2.02. The van der Waals surface area contributed by atoms with E-state index in [0.717, 1.165) is 12.8 Å². The zero-order valence-corrected chi connectivity index (χ0v) is 11.1. The number of aromatic amines is 1. The highest BCUT2D eigenvalue weighted by atomic mass is 35.7. The van der Waals surface area contributed by atoms with Gasteiger partial charge in [-0.2, -0.15) is 0 Å². The first-order valence-electron chi connectivity index (χ1n) is 5.48. The summed E-state index contributed by atoms with van der Waals surface area (Å²) in [6.45, 7) is 1.24. The third-order valence-corrected chi connectivity index (χ3v) is 4.07. The number of H-pyrrole nitrogens is 1. The van der Waals surface area contributed by atoms with Crippen LogP contribution in [-0.4, -0.2) is 38.6 Å². The number of hydrogen-bond donors (Lipinski definition) is 2. The monoisotopic (exact) mass is 292 g/mol. The lowest BCUT2D eigenvalue weighted by molar-refractivity contribution is 0.0694. The van der Waals surface area contributed by atoms with E-state index >= 15 is 0 Å². The maximum atomic E-state index is 11.8. The summed E-state index contributed by atoms with van der Waals surface area (Å²) in [5.74, 6) is -0.339. The SMILES string of the molecule is O=C(NC1CCOCC1)c1cc(S(=O)(=O)Cl)c[nH]1. The van der Waals surface area contributed by atoms with Crippen molar-refractivity contribution in [2.75, 3.05) is 13.2 Å². The summed E-state index contributed by atoms with van der Waals surface area (Å²) >= 11 is 0. The molecule has 2 rings (SSSR count). The highest BCUT2D eigenvalue weighted by molar-refractivity contribution is 8.13. The van der Waals surface area contributed by atoms with Gasteiger partial charge in [0.2, 0.25) is 0 Å². The zero-order chi connectivity index (χ0) is 13.2. The summed E-state index contributed by atoms with van der Waals surface area (Å²) in [6.07, 6.45) is 2.71. The maximum absolute atomic E-state index is 11.8. The standard InChI is InChI=1S/C10H13ClN2O4S/c11-18(15,16)8-5-9(12-6-8)10(14)13-7-1-3-17-4-2-7/h5-7,12H,1-4H2,(H,13,14). The smallest absolute Gasteiger partial charge is 0.267 e. The number of nitrogens with one attached hydrogen (secondary N) is 2. The fourth-order valence-corrected chi connectivity index (χ4v) is 2.48. The topological polar surface area (TPSA) is 88.3 Å². The van der Waals surface area contributed by atoms with E-state index < -0.39 is 9.05 Å². The van der Waals surface area contributed by atoms with E-state index in [1.54, 1.807) is 0 Å². The quantitative estimate of drug-likeness (QED) is 0.809. The highest BCUT2D eigenvalue weighted by Crippen LogP contribution is 2.16. The lowest BCUT2D eigenvalue weighted by Gasteiger charge is -2.22. The van der Waals surface area contributed by atoms with Gasteiger partial charge in [0.25, 0.3) is 15.0 Å². The number of amides is 1. The van der Waals surface area contributed by atoms with E-state index in [1.165, 1.54) is 12.3 Å². The molecule has 1 fully saturated rings. The van der Waals surface area contributed by atoms with Gasteiger partial charge in [-0.15, -0.1) is 0 Å². The molecule has 2 heterocycles. The van der Waals surface area contributed by atoms with Crippen LogP contribution in [0, 0.1) is 0 Å². The number of halogens is 1. The molecule has 1 aromatic heterocycles. The lowest BCUT2D eigenvalue weighted by atomic mass is 10.1. The van der Waals surface area contributed by atoms with E-state index in [-0.39, 0.29) is 22.5 Å². The molecule has 1 saturated heterocycles. The Morgan fingerprint density at radius 1 is 1.44 bits per heavy atom. The summed E-state index contributed by atoms with van der Waals surface area (Å²) in [5, 5.41) is 2.81. The van der Waals surface area contributed by atoms with Gasteiger partial charge in [-0.3, -0.25) is 4.79 Å². The second kappa shape index (κ2) is 5.29. The van der Waals surface area contributed by atoms with Crippen LogP contribution in [0.5, 0.6) is 0 Å². The first kappa shape index (κ1) is 13.4. The van der Waals surface area contributed by atoms with Crippen LogP contribution in [-0.2, 0) is 13.8 Å². The Morgan fingerprint density at radius 3 is 2.67 bits per heavy atom. The van der Waals surface area contributed by atoms with Crippen molar-refractivity contribution in [3.05, 3.63) is 18.0 Å². The maximum Gasteiger partial charge on any atom is 0.267 e. The van der Waals surface area contributed by atoms with E-state index in [1.807, 2.05) is 0 Å². The molecular formula is C10H13ClN2O4S. The minimum atomic E-state index is -3.81. The summed E-state index contributed by atoms with van der Waals surface area (Å²) in [7, 11) is 1.36. The average molecular weight is 293 g/mol. The van der Waals surface area contributed by atoms with Gasteiger partial charge in [0.1, 0.15) is 10.6 Å². The molecule has 0 bridgehead atoms. The predicted molar refractivity (Wildman–Crippen MR) is 65.1 cm³/mol. The summed E-state index contributed by atoms with van der Waals surface area (Å²) < 4.78 is 27.3. The summed E-state index contributed by atoms with van der Waals surface area (Å²) in [4.78, 5) is 14.3. The molecule has 8 heteroatoms. The van der Waals surface area contributed by atoms with Crippen LogP contribution in [0.1, 0.15) is 23.3 Å². The van der Waals surface area contributed by atoms with E-state index in [4.69, 9.17) is 15.4 Å². The number of carbonyl (C=O) groups is 1. The van der Waals surface area contributed by atoms with Crippen LogP contribution in [0.3, 0.4) is 0 Å². The minimum absolute atomic E-state index is 0.0607. The van der Waals surface area contributed by atoms with Gasteiger partial charge < -0.3 is 15.0 Å². The van der Waals surface area contributed by atoms with Crippen molar-refractivity contribution < 1.29 is 17.9 Å². The van der Waals surface area contributed by atoms with Gasteiger partial charge in [0, 0.05) is 36.1 Å². The third kappa shape index (κ3) is 3.24. The van der Waals surface area contributed by atoms with Crippen molar-refractivity contribution >= 4 is 25.6 Å². The Bertz CT molecular complexity index is 534.